The third-order valence-electron chi connectivity index (χ3n) is 2.85. The smallest absolute Gasteiger partial charge is 0.481 e. The maximum atomic E-state index is 12.6. The van der Waals surface area contributed by atoms with Gasteiger partial charge in [-0.2, -0.15) is 26.3 Å². The number of aliphatic carboxylic acids is 2. The van der Waals surface area contributed by atoms with Gasteiger partial charge in [0.1, 0.15) is 0 Å². The van der Waals surface area contributed by atoms with Crippen LogP contribution in [0.5, 0.6) is 0 Å². The molecule has 0 aliphatic heterocycles. The topological polar surface area (TPSA) is 133 Å². The molecule has 0 spiro atoms. The van der Waals surface area contributed by atoms with Gasteiger partial charge < -0.3 is 20.8 Å². The maximum absolute atomic E-state index is 12.6. The average Bonchev–Trinajstić information content (AvgIpc) is 2.66. The van der Waals surface area contributed by atoms with Gasteiger partial charge >= 0.3 is 36.1 Å². The Hall–Kier alpha value is -2.62. The van der Waals surface area contributed by atoms with Crippen LogP contribution in [-0.2, 0) is 25.4 Å². The lowest BCUT2D eigenvalue weighted by molar-refractivity contribution is -0.192. The van der Waals surface area contributed by atoms with Crippen LogP contribution in [0.4, 0.5) is 32.0 Å². The Balaban J connectivity index is 0.00000118. The first-order chi connectivity index (χ1) is 14.6. The lowest BCUT2D eigenvalue weighted by atomic mass is 10.2. The summed E-state index contributed by atoms with van der Waals surface area (Å²) in [6.45, 7) is 0.166. The largest absolute Gasteiger partial charge is 0.490 e. The fourth-order valence-electron chi connectivity index (χ4n) is 1.49. The van der Waals surface area contributed by atoms with Crippen molar-refractivity contribution in [2.24, 2.45) is 0 Å². The first-order valence-corrected chi connectivity index (χ1v) is 10.7. The van der Waals surface area contributed by atoms with Gasteiger partial charge in [-0.05, 0) is 18.2 Å². The zero-order valence-electron chi connectivity index (χ0n) is 15.7. The molecule has 0 atom stereocenters. The van der Waals surface area contributed by atoms with Crippen molar-refractivity contribution in [3.63, 3.8) is 0 Å². The number of nitrogens with one attached hydrogen (secondary N) is 2. The van der Waals surface area contributed by atoms with Crippen molar-refractivity contribution >= 4 is 51.0 Å². The lowest BCUT2D eigenvalue weighted by Crippen LogP contribution is -2.36. The minimum Gasteiger partial charge on any atom is -0.481 e. The summed E-state index contributed by atoms with van der Waals surface area (Å²) in [5, 5.41) is 20.0. The number of carbonyl (C=O) groups is 4. The molecule has 0 heterocycles. The van der Waals surface area contributed by atoms with Crippen LogP contribution in [-0.4, -0.2) is 58.2 Å². The number of halogens is 6. The average molecular weight is 510 g/mol. The van der Waals surface area contributed by atoms with Crippen LogP contribution in [0.25, 0.3) is 0 Å². The van der Waals surface area contributed by atoms with Gasteiger partial charge in [-0.1, -0.05) is 27.7 Å². The molecule has 0 saturated carbocycles. The maximum Gasteiger partial charge on any atom is 0.490 e. The van der Waals surface area contributed by atoms with E-state index in [1.54, 1.807) is 0 Å². The summed E-state index contributed by atoms with van der Waals surface area (Å²) in [6.07, 6.45) is -9.60. The van der Waals surface area contributed by atoms with E-state index in [0.29, 0.717) is 11.5 Å². The molecule has 1 aromatic rings. The Morgan fingerprint density at radius 3 is 1.97 bits per heavy atom. The van der Waals surface area contributed by atoms with E-state index in [-0.39, 0.29) is 18.7 Å². The molecule has 1 rings (SSSR count). The molecule has 180 valence electrons. The van der Waals surface area contributed by atoms with E-state index in [4.69, 9.17) is 15.0 Å². The molecule has 0 aromatic heterocycles. The Labute approximate surface area is 184 Å². The molecule has 0 fully saturated rings. The minimum atomic E-state index is -5.08. The highest BCUT2D eigenvalue weighted by Gasteiger charge is 2.38. The fourth-order valence-corrected chi connectivity index (χ4v) is 3.38. The number of anilines is 1. The van der Waals surface area contributed by atoms with Crippen molar-refractivity contribution in [3.8, 4) is 0 Å². The first-order valence-electron chi connectivity index (χ1n) is 8.17. The standard InChI is InChI=1S/C14H15F3N2O4S2.C2HF3O2/c15-14(16,17)9-2-1-3-10(8-9)19-13(23)12(22)18-5-7-25-24-6-4-11(20)21;3-2(4,5)1(6)7/h1-3,8H,4-7H2,(H,18,22)(H,19,23)(H,20,21);(H,6,7). The highest BCUT2D eigenvalue weighted by Crippen LogP contribution is 2.30. The zero-order chi connectivity index (χ0) is 24.9. The third kappa shape index (κ3) is 13.6. The quantitative estimate of drug-likeness (QED) is 0.181. The molecule has 0 radical (unpaired) electrons. The number of hydrogen-bond acceptors (Lipinski definition) is 6. The van der Waals surface area contributed by atoms with Gasteiger partial charge in [-0.15, -0.1) is 0 Å². The number of carbonyl (C=O) groups excluding carboxylic acids is 2. The SMILES string of the molecule is O=C(O)C(F)(F)F.O=C(O)CCSSCCNC(=O)C(=O)Nc1cccc(C(F)(F)F)c1. The summed E-state index contributed by atoms with van der Waals surface area (Å²) >= 11 is 0. The third-order valence-corrected chi connectivity index (χ3v) is 5.26. The summed E-state index contributed by atoms with van der Waals surface area (Å²) in [6, 6.07) is 3.96. The monoisotopic (exact) mass is 510 g/mol. The highest BCUT2D eigenvalue weighted by molar-refractivity contribution is 8.76. The van der Waals surface area contributed by atoms with Crippen molar-refractivity contribution < 1.29 is 55.7 Å². The van der Waals surface area contributed by atoms with Gasteiger partial charge in [0.25, 0.3) is 0 Å². The van der Waals surface area contributed by atoms with Crippen molar-refractivity contribution in [2.75, 3.05) is 23.4 Å². The molecular formula is C16H16F6N2O6S2. The Morgan fingerprint density at radius 2 is 1.47 bits per heavy atom. The van der Waals surface area contributed by atoms with Gasteiger partial charge in [0.05, 0.1) is 12.0 Å². The van der Waals surface area contributed by atoms with Gasteiger partial charge in [-0.25, -0.2) is 4.79 Å². The van der Waals surface area contributed by atoms with E-state index < -0.39 is 41.7 Å². The van der Waals surface area contributed by atoms with Crippen LogP contribution < -0.4 is 10.6 Å². The van der Waals surface area contributed by atoms with E-state index in [1.807, 2.05) is 0 Å². The van der Waals surface area contributed by atoms with Crippen LogP contribution in [0.2, 0.25) is 0 Å². The highest BCUT2D eigenvalue weighted by atomic mass is 33.1. The van der Waals surface area contributed by atoms with Crippen LogP contribution in [0, 0.1) is 0 Å². The van der Waals surface area contributed by atoms with Crippen molar-refractivity contribution in [2.45, 2.75) is 18.8 Å². The van der Waals surface area contributed by atoms with E-state index >= 15 is 0 Å². The van der Waals surface area contributed by atoms with Gasteiger partial charge in [0.2, 0.25) is 0 Å². The van der Waals surface area contributed by atoms with E-state index in [2.05, 4.69) is 10.6 Å². The second-order valence-electron chi connectivity index (χ2n) is 5.38. The van der Waals surface area contributed by atoms with E-state index in [9.17, 15) is 40.7 Å². The molecule has 0 aliphatic carbocycles. The Bertz CT molecular complexity index is 804. The van der Waals surface area contributed by atoms with Crippen molar-refractivity contribution in [1.29, 1.82) is 0 Å². The molecule has 0 unspecified atom stereocenters. The summed E-state index contributed by atoms with van der Waals surface area (Å²) in [4.78, 5) is 42.4. The number of hydrogen-bond donors (Lipinski definition) is 4. The molecule has 1 aromatic carbocycles. The molecule has 0 aliphatic rings. The second kappa shape index (κ2) is 13.7. The van der Waals surface area contributed by atoms with Crippen molar-refractivity contribution in [1.82, 2.24) is 5.32 Å². The Morgan fingerprint density at radius 1 is 0.906 bits per heavy atom. The number of alkyl halides is 6. The number of rotatable bonds is 8. The molecule has 4 N–H and O–H groups in total. The molecule has 16 heteroatoms. The van der Waals surface area contributed by atoms with Gasteiger partial charge in [-0.3, -0.25) is 14.4 Å². The van der Waals surface area contributed by atoms with Crippen molar-refractivity contribution in [3.05, 3.63) is 29.8 Å². The number of carboxylic acid groups (broad SMARTS) is 2. The number of benzene rings is 1. The van der Waals surface area contributed by atoms with Gasteiger partial charge in [0.15, 0.2) is 0 Å². The molecule has 2 amide bonds. The zero-order valence-corrected chi connectivity index (χ0v) is 17.4. The predicted octanol–water partition coefficient (Wildman–Crippen LogP) is 3.25. The summed E-state index contributed by atoms with van der Waals surface area (Å²) in [5.41, 5.74) is -1.06. The Kier molecular flexibility index (Phi) is 12.6. The van der Waals surface area contributed by atoms with E-state index in [1.165, 1.54) is 27.7 Å². The normalized spacial score (nSPS) is 11.1. The first kappa shape index (κ1) is 29.4. The number of carboxylic acids is 2. The molecule has 0 bridgehead atoms. The second-order valence-corrected chi connectivity index (χ2v) is 8.08. The molecule has 8 nitrogen and oxygen atoms in total. The lowest BCUT2D eigenvalue weighted by Gasteiger charge is -2.10. The predicted molar refractivity (Wildman–Crippen MR) is 104 cm³/mol. The molecule has 32 heavy (non-hydrogen) atoms. The fraction of sp³-hybridized carbons (Fsp3) is 0.375. The van der Waals surface area contributed by atoms with Crippen LogP contribution in [0.1, 0.15) is 12.0 Å². The van der Waals surface area contributed by atoms with Gasteiger partial charge in [0, 0.05) is 23.7 Å². The summed E-state index contributed by atoms with van der Waals surface area (Å²) < 4.78 is 69.5. The summed E-state index contributed by atoms with van der Waals surface area (Å²) in [7, 11) is 2.67. The molecule has 0 saturated heterocycles. The summed E-state index contributed by atoms with van der Waals surface area (Å²) in [5.74, 6) is -4.81. The number of amides is 2. The van der Waals surface area contributed by atoms with Crippen LogP contribution in [0.15, 0.2) is 24.3 Å². The van der Waals surface area contributed by atoms with E-state index in [0.717, 1.165) is 18.2 Å². The van der Waals surface area contributed by atoms with Crippen LogP contribution >= 0.6 is 21.6 Å². The minimum absolute atomic E-state index is 0.0312. The molecular weight excluding hydrogens is 494 g/mol. The van der Waals surface area contributed by atoms with Crippen LogP contribution in [0.3, 0.4) is 0 Å².